The minimum absolute atomic E-state index is 0.217. The number of hydrogen-bond donors (Lipinski definition) is 3. The summed E-state index contributed by atoms with van der Waals surface area (Å²) in [5.41, 5.74) is 6.22. The molecule has 0 saturated carbocycles. The first-order valence-corrected chi connectivity index (χ1v) is 25.6. The van der Waals surface area contributed by atoms with Crippen LogP contribution in [0.3, 0.4) is 0 Å². The van der Waals surface area contributed by atoms with E-state index in [0.717, 1.165) is 75.5 Å². The largest absolute Gasteiger partial charge is 0.494 e. The third kappa shape index (κ3) is 10.5. The Morgan fingerprint density at radius 1 is 0.954 bits per heavy atom. The van der Waals surface area contributed by atoms with E-state index in [1.165, 1.54) is 5.56 Å². The van der Waals surface area contributed by atoms with Crippen LogP contribution in [0.15, 0.2) is 65.5 Å². The number of carbonyl (C=O) groups excluding carboxylic acids is 2. The van der Waals surface area contributed by atoms with E-state index in [9.17, 15) is 14.2 Å². The van der Waals surface area contributed by atoms with Gasteiger partial charge in [0.2, 0.25) is 17.8 Å². The van der Waals surface area contributed by atoms with Gasteiger partial charge in [-0.05, 0) is 96.8 Å². The molecule has 3 aliphatic rings. The number of aromatic nitrogens is 4. The molecule has 15 nitrogen and oxygen atoms in total. The Bertz CT molecular complexity index is 2610. The van der Waals surface area contributed by atoms with Gasteiger partial charge in [0, 0.05) is 101 Å². The number of amides is 2. The zero-order valence-corrected chi connectivity index (χ0v) is 40.1. The highest BCUT2D eigenvalue weighted by atomic mass is 79.9. The van der Waals surface area contributed by atoms with E-state index in [0.29, 0.717) is 75.1 Å². The summed E-state index contributed by atoms with van der Waals surface area (Å²) in [5.74, 6) is -0.225. The summed E-state index contributed by atoms with van der Waals surface area (Å²) in [7, 11) is 0.632. The molecule has 65 heavy (non-hydrogen) atoms. The fourth-order valence-corrected chi connectivity index (χ4v) is 11.2. The summed E-state index contributed by atoms with van der Waals surface area (Å²) in [6, 6.07) is 13.8. The third-order valence-electron chi connectivity index (χ3n) is 12.9. The van der Waals surface area contributed by atoms with Crippen molar-refractivity contribution in [1.29, 1.82) is 0 Å². The van der Waals surface area contributed by atoms with Crippen LogP contribution in [0.5, 0.6) is 5.75 Å². The molecule has 0 radical (unpaired) electrons. The molecule has 18 heteroatoms. The van der Waals surface area contributed by atoms with Gasteiger partial charge in [0.15, 0.2) is 0 Å². The number of piperazine rings is 1. The molecule has 3 aromatic carbocycles. The Labute approximate surface area is 387 Å². The second-order valence-electron chi connectivity index (χ2n) is 17.4. The highest BCUT2D eigenvalue weighted by Crippen LogP contribution is 2.42. The summed E-state index contributed by atoms with van der Waals surface area (Å²) >= 11 is 3.60. The molecule has 3 fully saturated rings. The zero-order chi connectivity index (χ0) is 45.8. The number of benzene rings is 3. The lowest BCUT2D eigenvalue weighted by molar-refractivity contribution is -0.134. The molecule has 5 aromatic rings. The third-order valence-corrected chi connectivity index (χ3v) is 15.0. The highest BCUT2D eigenvalue weighted by molar-refractivity contribution is 9.10. The van der Waals surface area contributed by atoms with Crippen molar-refractivity contribution >= 4 is 80.1 Å². The molecular weight excluding hydrogens is 914 g/mol. The molecule has 2 atom stereocenters. The first kappa shape index (κ1) is 46.5. The summed E-state index contributed by atoms with van der Waals surface area (Å²) in [6.45, 7) is 11.6. The molecular formula is C47H57BrFN10O5P. The number of nitrogens with zero attached hydrogens (tertiary/aromatic N) is 7. The van der Waals surface area contributed by atoms with Crippen molar-refractivity contribution in [2.45, 2.75) is 63.5 Å². The minimum Gasteiger partial charge on any atom is -0.494 e. The molecule has 8 rings (SSSR count). The van der Waals surface area contributed by atoms with Crippen molar-refractivity contribution in [3.8, 4) is 5.75 Å². The molecule has 0 bridgehead atoms. The molecule has 0 spiro atoms. The van der Waals surface area contributed by atoms with Crippen LogP contribution in [0.2, 0.25) is 0 Å². The number of imide groups is 1. The van der Waals surface area contributed by atoms with Crippen LogP contribution in [0, 0.1) is 5.82 Å². The number of piperidine rings is 2. The van der Waals surface area contributed by atoms with E-state index in [-0.39, 0.29) is 18.4 Å². The molecule has 2 amide bonds. The maximum Gasteiger partial charge on any atom is 0.234 e. The number of aryl methyl sites for hydroxylation is 1. The number of methoxy groups -OCH3 is 2. The SMILES string of the molecule is CCc1cc(Nc2ncc(Br)c(Nc3ccc4nccnc4c3P(C)(C)=O)n2)c(OC)cc1N1CCC(N2CCN(CCc3ccc(C4CCC(=O)NC4=O)c(F)c3)[C@H](COC)C2)CC1. The Morgan fingerprint density at radius 2 is 1.75 bits per heavy atom. The van der Waals surface area contributed by atoms with Gasteiger partial charge in [0.25, 0.3) is 0 Å². The highest BCUT2D eigenvalue weighted by Gasteiger charge is 2.34. The molecule has 1 unspecified atom stereocenters. The normalized spacial score (nSPS) is 19.1. The van der Waals surface area contributed by atoms with Crippen molar-refractivity contribution in [3.63, 3.8) is 0 Å². The number of rotatable bonds is 15. The van der Waals surface area contributed by atoms with Gasteiger partial charge in [-0.25, -0.2) is 9.37 Å². The number of ether oxygens (including phenoxy) is 2. The molecule has 2 aromatic heterocycles. The average Bonchev–Trinajstić information content (AvgIpc) is 3.29. The van der Waals surface area contributed by atoms with Gasteiger partial charge in [-0.3, -0.25) is 34.7 Å². The quantitative estimate of drug-likeness (QED) is 0.0726. The number of nitrogens with one attached hydrogen (secondary N) is 3. The molecule has 3 aliphatic heterocycles. The van der Waals surface area contributed by atoms with E-state index >= 15 is 4.39 Å². The summed E-state index contributed by atoms with van der Waals surface area (Å²) in [4.78, 5) is 49.8. The fraction of sp³-hybridized carbons (Fsp3) is 0.447. The van der Waals surface area contributed by atoms with Crippen molar-refractivity contribution in [2.24, 2.45) is 0 Å². The second kappa shape index (κ2) is 20.2. The van der Waals surface area contributed by atoms with Gasteiger partial charge in [0.1, 0.15) is 30.0 Å². The number of halogens is 2. The van der Waals surface area contributed by atoms with Gasteiger partial charge >= 0.3 is 0 Å². The molecule has 3 saturated heterocycles. The predicted molar refractivity (Wildman–Crippen MR) is 257 cm³/mol. The van der Waals surface area contributed by atoms with Gasteiger partial charge < -0.3 is 29.6 Å². The van der Waals surface area contributed by atoms with Crippen LogP contribution < -0.4 is 30.9 Å². The van der Waals surface area contributed by atoms with Crippen LogP contribution in [-0.4, -0.2) is 127 Å². The summed E-state index contributed by atoms with van der Waals surface area (Å²) < 4.78 is 41.1. The predicted octanol–water partition coefficient (Wildman–Crippen LogP) is 6.99. The number of carbonyl (C=O) groups is 2. The van der Waals surface area contributed by atoms with Crippen molar-refractivity contribution < 1.29 is 28.0 Å². The van der Waals surface area contributed by atoms with Gasteiger partial charge in [0.05, 0.1) is 46.3 Å². The zero-order valence-electron chi connectivity index (χ0n) is 37.6. The average molecular weight is 972 g/mol. The van der Waals surface area contributed by atoms with Crippen LogP contribution >= 0.6 is 23.1 Å². The smallest absolute Gasteiger partial charge is 0.234 e. The maximum atomic E-state index is 15.3. The van der Waals surface area contributed by atoms with Crippen LogP contribution in [0.1, 0.15) is 55.2 Å². The monoisotopic (exact) mass is 970 g/mol. The topological polar surface area (TPSA) is 167 Å². The molecule has 344 valence electrons. The van der Waals surface area contributed by atoms with Crippen LogP contribution in [0.25, 0.3) is 11.0 Å². The Kier molecular flexibility index (Phi) is 14.5. The van der Waals surface area contributed by atoms with Crippen LogP contribution in [-0.2, 0) is 31.7 Å². The van der Waals surface area contributed by atoms with Gasteiger partial charge in [-0.1, -0.05) is 19.1 Å². The second-order valence-corrected chi connectivity index (χ2v) is 21.4. The Hall–Kier alpha value is -5.06. The van der Waals surface area contributed by atoms with E-state index < -0.39 is 24.8 Å². The standard InChI is InChI=1S/C47H57BrFN10O5P/c1-6-30-24-39(54-47-52-26-35(48)45(56-47)53-38-11-10-37-43(51-17-16-50-37)44(38)65(4,5)62)41(64-3)25-40(30)58-19-14-31(15-20-58)59-22-21-57(32(27-59)28-63-2)18-13-29-7-8-33(36(49)23-29)34-9-12-42(60)55-46(34)61/h7-8,10-11,16-17,23-26,31-32,34H,6,9,12-15,18-22,27-28H2,1-5H3,(H,55,60,61)(H2,52,53,54,56)/t32-,34?/m0/s1. The van der Waals surface area contributed by atoms with E-state index in [4.69, 9.17) is 14.5 Å². The molecule has 5 heterocycles. The van der Waals surface area contributed by atoms with Crippen molar-refractivity contribution in [2.75, 3.05) is 89.0 Å². The van der Waals surface area contributed by atoms with Gasteiger partial charge in [-0.2, -0.15) is 4.98 Å². The number of fused-ring (bicyclic) bond motifs is 1. The van der Waals surface area contributed by atoms with Crippen molar-refractivity contribution in [3.05, 3.63) is 88.0 Å². The molecule has 3 N–H and O–H groups in total. The fourth-order valence-electron chi connectivity index (χ4n) is 9.53. The minimum atomic E-state index is -2.79. The number of hydrogen-bond acceptors (Lipinski definition) is 14. The maximum absolute atomic E-state index is 15.3. The van der Waals surface area contributed by atoms with Gasteiger partial charge in [-0.15, -0.1) is 0 Å². The van der Waals surface area contributed by atoms with Crippen molar-refractivity contribution in [1.82, 2.24) is 35.1 Å². The lowest BCUT2D eigenvalue weighted by Gasteiger charge is -2.47. The van der Waals surface area contributed by atoms with Crippen LogP contribution in [0.4, 0.5) is 33.2 Å². The first-order chi connectivity index (χ1) is 31.3. The summed E-state index contributed by atoms with van der Waals surface area (Å²) in [5, 5.41) is 9.72. The number of anilines is 5. The lowest BCUT2D eigenvalue weighted by Crippen LogP contribution is -2.59. The van der Waals surface area contributed by atoms with E-state index in [1.807, 2.05) is 18.2 Å². The van der Waals surface area contributed by atoms with E-state index in [1.54, 1.807) is 58.3 Å². The van der Waals surface area contributed by atoms with E-state index in [2.05, 4.69) is 80.6 Å². The Balaban J connectivity index is 0.893. The Morgan fingerprint density at radius 3 is 2.48 bits per heavy atom. The molecule has 0 aliphatic carbocycles. The first-order valence-electron chi connectivity index (χ1n) is 22.2. The summed E-state index contributed by atoms with van der Waals surface area (Å²) in [6.07, 6.45) is 9.01. The lowest BCUT2D eigenvalue weighted by atomic mass is 9.89.